The van der Waals surface area contributed by atoms with Crippen LogP contribution in [0.15, 0.2) is 24.4 Å². The third-order valence-electron chi connectivity index (χ3n) is 2.35. The predicted molar refractivity (Wildman–Crippen MR) is 73.0 cm³/mol. The van der Waals surface area contributed by atoms with Gasteiger partial charge in [-0.1, -0.05) is 6.07 Å². The van der Waals surface area contributed by atoms with E-state index in [1.807, 2.05) is 12.1 Å². The molecule has 1 fully saturated rings. The molecule has 17 heavy (non-hydrogen) atoms. The number of nitrogens with zero attached hydrogens (tertiary/aromatic N) is 1. The van der Waals surface area contributed by atoms with E-state index in [0.29, 0.717) is 12.4 Å². The van der Waals surface area contributed by atoms with E-state index in [2.05, 4.69) is 15.6 Å². The molecule has 2 N–H and O–H groups in total. The van der Waals surface area contributed by atoms with E-state index in [-0.39, 0.29) is 30.7 Å². The third kappa shape index (κ3) is 6.46. The first kappa shape index (κ1) is 16.2. The van der Waals surface area contributed by atoms with Crippen molar-refractivity contribution in [1.29, 1.82) is 0 Å². The van der Waals surface area contributed by atoms with Crippen LogP contribution in [0.2, 0.25) is 0 Å². The molecule has 0 aliphatic heterocycles. The van der Waals surface area contributed by atoms with Gasteiger partial charge >= 0.3 is 0 Å². The quantitative estimate of drug-likeness (QED) is 0.864. The summed E-state index contributed by atoms with van der Waals surface area (Å²) < 4.78 is 0. The number of pyridine rings is 1. The summed E-state index contributed by atoms with van der Waals surface area (Å²) in [5.74, 6) is 1.37. The Balaban J connectivity index is 0.00000128. The maximum absolute atomic E-state index is 11.4. The lowest BCUT2D eigenvalue weighted by atomic mass is 10.4. The van der Waals surface area contributed by atoms with Gasteiger partial charge in [-0.3, -0.25) is 4.79 Å². The van der Waals surface area contributed by atoms with Crippen molar-refractivity contribution in [3.8, 4) is 0 Å². The largest absolute Gasteiger partial charge is 0.310 e. The van der Waals surface area contributed by atoms with Gasteiger partial charge in [0.15, 0.2) is 0 Å². The van der Waals surface area contributed by atoms with Crippen molar-refractivity contribution in [2.75, 3.05) is 18.4 Å². The minimum Gasteiger partial charge on any atom is -0.310 e. The maximum Gasteiger partial charge on any atom is 0.239 e. The molecule has 1 aromatic rings. The number of rotatable bonds is 5. The zero-order valence-electron chi connectivity index (χ0n) is 9.39. The molecule has 1 saturated carbocycles. The van der Waals surface area contributed by atoms with Gasteiger partial charge in [-0.25, -0.2) is 4.98 Å². The average molecular weight is 278 g/mol. The number of carbonyl (C=O) groups is 1. The van der Waals surface area contributed by atoms with Crippen LogP contribution >= 0.6 is 24.8 Å². The fourth-order valence-corrected chi connectivity index (χ4v) is 1.34. The average Bonchev–Trinajstić information content (AvgIpc) is 3.03. The highest BCUT2D eigenvalue weighted by Gasteiger charge is 2.20. The molecule has 0 radical (unpaired) electrons. The first-order chi connectivity index (χ1) is 7.34. The first-order valence-corrected chi connectivity index (χ1v) is 5.26. The fourth-order valence-electron chi connectivity index (χ4n) is 1.34. The van der Waals surface area contributed by atoms with Crippen molar-refractivity contribution in [1.82, 2.24) is 10.3 Å². The standard InChI is InChI=1S/C11H15N3O.2ClH/c15-11(8-12-7-9-4-5-9)14-10-3-1-2-6-13-10;;/h1-3,6,9,12H,4-5,7-8H2,(H,13,14,15);2*1H. The van der Waals surface area contributed by atoms with Crippen LogP contribution in [0.4, 0.5) is 5.82 Å². The van der Waals surface area contributed by atoms with E-state index in [4.69, 9.17) is 0 Å². The second kappa shape index (κ2) is 8.28. The van der Waals surface area contributed by atoms with E-state index in [1.54, 1.807) is 12.3 Å². The Labute approximate surface area is 113 Å². The summed E-state index contributed by atoms with van der Waals surface area (Å²) in [5, 5.41) is 5.85. The van der Waals surface area contributed by atoms with Crippen molar-refractivity contribution < 1.29 is 4.79 Å². The zero-order chi connectivity index (χ0) is 10.5. The number of amides is 1. The Hall–Kier alpha value is -0.840. The second-order valence-corrected chi connectivity index (χ2v) is 3.84. The van der Waals surface area contributed by atoms with Crippen LogP contribution in [0.1, 0.15) is 12.8 Å². The molecule has 1 aliphatic rings. The van der Waals surface area contributed by atoms with E-state index < -0.39 is 0 Å². The number of nitrogens with one attached hydrogen (secondary N) is 2. The zero-order valence-corrected chi connectivity index (χ0v) is 11.0. The molecule has 1 heterocycles. The van der Waals surface area contributed by atoms with Crippen LogP contribution < -0.4 is 10.6 Å². The summed E-state index contributed by atoms with van der Waals surface area (Å²) in [7, 11) is 0. The summed E-state index contributed by atoms with van der Waals surface area (Å²) in [4.78, 5) is 15.4. The first-order valence-electron chi connectivity index (χ1n) is 5.26. The normalized spacial score (nSPS) is 13.2. The lowest BCUT2D eigenvalue weighted by Gasteiger charge is -2.04. The van der Waals surface area contributed by atoms with Crippen LogP contribution in [-0.4, -0.2) is 24.0 Å². The number of aromatic nitrogens is 1. The molecule has 0 bridgehead atoms. The summed E-state index contributed by atoms with van der Waals surface area (Å²) in [6, 6.07) is 5.44. The van der Waals surface area contributed by atoms with Gasteiger partial charge in [-0.15, -0.1) is 24.8 Å². The predicted octanol–water partition coefficient (Wildman–Crippen LogP) is 1.86. The van der Waals surface area contributed by atoms with Gasteiger partial charge in [0, 0.05) is 6.20 Å². The van der Waals surface area contributed by atoms with Gasteiger partial charge in [0.2, 0.25) is 5.91 Å². The number of carbonyl (C=O) groups excluding carboxylic acids is 1. The van der Waals surface area contributed by atoms with Crippen LogP contribution in [-0.2, 0) is 4.79 Å². The molecule has 0 unspecified atom stereocenters. The summed E-state index contributed by atoms with van der Waals surface area (Å²) in [5.41, 5.74) is 0. The van der Waals surface area contributed by atoms with Crippen molar-refractivity contribution in [3.63, 3.8) is 0 Å². The maximum atomic E-state index is 11.4. The molecule has 96 valence electrons. The van der Waals surface area contributed by atoms with Gasteiger partial charge in [0.25, 0.3) is 0 Å². The Morgan fingerprint density at radius 1 is 1.35 bits per heavy atom. The topological polar surface area (TPSA) is 54.0 Å². The van der Waals surface area contributed by atoms with Crippen molar-refractivity contribution in [2.45, 2.75) is 12.8 Å². The molecule has 1 aliphatic carbocycles. The number of hydrogen-bond donors (Lipinski definition) is 2. The molecule has 6 heteroatoms. The van der Waals surface area contributed by atoms with E-state index >= 15 is 0 Å². The fraction of sp³-hybridized carbons (Fsp3) is 0.455. The molecule has 1 aromatic heterocycles. The van der Waals surface area contributed by atoms with Crippen LogP contribution in [0.5, 0.6) is 0 Å². The summed E-state index contributed by atoms with van der Waals surface area (Å²) in [6.07, 6.45) is 4.26. The summed E-state index contributed by atoms with van der Waals surface area (Å²) >= 11 is 0. The molecular formula is C11H17Cl2N3O. The van der Waals surface area contributed by atoms with Crippen LogP contribution in [0.25, 0.3) is 0 Å². The number of hydrogen-bond acceptors (Lipinski definition) is 3. The smallest absolute Gasteiger partial charge is 0.239 e. The summed E-state index contributed by atoms with van der Waals surface area (Å²) in [6.45, 7) is 1.32. The van der Waals surface area contributed by atoms with Crippen molar-refractivity contribution >= 4 is 36.5 Å². The number of halogens is 2. The highest BCUT2D eigenvalue weighted by atomic mass is 35.5. The second-order valence-electron chi connectivity index (χ2n) is 3.84. The van der Waals surface area contributed by atoms with Crippen LogP contribution in [0.3, 0.4) is 0 Å². The molecule has 0 saturated heterocycles. The number of anilines is 1. The Bertz CT molecular complexity index is 331. The highest BCUT2D eigenvalue weighted by Crippen LogP contribution is 2.27. The van der Waals surface area contributed by atoms with E-state index in [9.17, 15) is 4.79 Å². The monoisotopic (exact) mass is 277 g/mol. The van der Waals surface area contributed by atoms with Gasteiger partial charge < -0.3 is 10.6 Å². The molecule has 4 nitrogen and oxygen atoms in total. The van der Waals surface area contributed by atoms with E-state index in [0.717, 1.165) is 12.5 Å². The lowest BCUT2D eigenvalue weighted by Crippen LogP contribution is -2.29. The van der Waals surface area contributed by atoms with Gasteiger partial charge in [0.1, 0.15) is 5.82 Å². The minimum absolute atomic E-state index is 0. The highest BCUT2D eigenvalue weighted by molar-refractivity contribution is 5.91. The van der Waals surface area contributed by atoms with Crippen LogP contribution in [0, 0.1) is 5.92 Å². The molecule has 0 spiro atoms. The lowest BCUT2D eigenvalue weighted by molar-refractivity contribution is -0.115. The minimum atomic E-state index is -0.0330. The Morgan fingerprint density at radius 2 is 2.12 bits per heavy atom. The van der Waals surface area contributed by atoms with E-state index in [1.165, 1.54) is 12.8 Å². The molecule has 2 rings (SSSR count). The third-order valence-corrected chi connectivity index (χ3v) is 2.35. The Kier molecular flexibility index (Phi) is 7.87. The molecule has 0 aromatic carbocycles. The molecular weight excluding hydrogens is 261 g/mol. The van der Waals surface area contributed by atoms with Crippen molar-refractivity contribution in [2.24, 2.45) is 5.92 Å². The Morgan fingerprint density at radius 3 is 2.71 bits per heavy atom. The molecule has 0 atom stereocenters. The van der Waals surface area contributed by atoms with Gasteiger partial charge in [0.05, 0.1) is 6.54 Å². The van der Waals surface area contributed by atoms with Gasteiger partial charge in [-0.05, 0) is 37.4 Å². The SMILES string of the molecule is Cl.Cl.O=C(CNCC1CC1)Nc1ccccn1. The molecule has 1 amide bonds. The van der Waals surface area contributed by atoms with Gasteiger partial charge in [-0.2, -0.15) is 0 Å². The van der Waals surface area contributed by atoms with Crippen molar-refractivity contribution in [3.05, 3.63) is 24.4 Å².